The first-order valence-electron chi connectivity index (χ1n) is 5.75. The molecule has 8 heteroatoms. The lowest BCUT2D eigenvalue weighted by molar-refractivity contribution is 0.414. The van der Waals surface area contributed by atoms with E-state index in [-0.39, 0.29) is 21.3 Å². The Morgan fingerprint density at radius 3 is 2.57 bits per heavy atom. The largest absolute Gasteiger partial charge is 0.495 e. The monoisotopic (exact) mass is 330 g/mol. The predicted octanol–water partition coefficient (Wildman–Crippen LogP) is 2.87. The summed E-state index contributed by atoms with van der Waals surface area (Å²) < 4.78 is 44.8. The van der Waals surface area contributed by atoms with Crippen molar-refractivity contribution in [1.82, 2.24) is 0 Å². The lowest BCUT2D eigenvalue weighted by atomic mass is 10.3. The van der Waals surface area contributed by atoms with Crippen LogP contribution in [0.15, 0.2) is 41.3 Å². The van der Waals surface area contributed by atoms with E-state index in [1.807, 2.05) is 0 Å². The smallest absolute Gasteiger partial charge is 0.262 e. The van der Waals surface area contributed by atoms with Gasteiger partial charge in [0.25, 0.3) is 10.0 Å². The summed E-state index contributed by atoms with van der Waals surface area (Å²) in [7, 11) is -2.52. The topological polar surface area (TPSA) is 81.4 Å². The van der Waals surface area contributed by atoms with E-state index < -0.39 is 15.8 Å². The first-order chi connectivity index (χ1) is 9.83. The number of nitrogens with one attached hydrogen (secondary N) is 1. The van der Waals surface area contributed by atoms with E-state index >= 15 is 0 Å². The zero-order chi connectivity index (χ0) is 15.6. The van der Waals surface area contributed by atoms with Crippen LogP contribution in [0.3, 0.4) is 0 Å². The minimum absolute atomic E-state index is 0.0399. The number of halogens is 2. The van der Waals surface area contributed by atoms with Gasteiger partial charge < -0.3 is 10.5 Å². The maximum Gasteiger partial charge on any atom is 0.262 e. The third-order valence-electron chi connectivity index (χ3n) is 2.69. The summed E-state index contributed by atoms with van der Waals surface area (Å²) in [6, 6.07) is 7.39. The van der Waals surface area contributed by atoms with E-state index in [4.69, 9.17) is 22.1 Å². The van der Waals surface area contributed by atoms with Crippen LogP contribution in [0, 0.1) is 5.82 Å². The van der Waals surface area contributed by atoms with Crippen molar-refractivity contribution in [3.8, 4) is 5.75 Å². The van der Waals surface area contributed by atoms with Crippen LogP contribution >= 0.6 is 11.6 Å². The molecule has 0 aliphatic heterocycles. The summed E-state index contributed by atoms with van der Waals surface area (Å²) >= 11 is 5.89. The minimum atomic E-state index is -3.94. The van der Waals surface area contributed by atoms with Gasteiger partial charge in [0.2, 0.25) is 0 Å². The summed E-state index contributed by atoms with van der Waals surface area (Å²) in [6.07, 6.45) is 0. The van der Waals surface area contributed by atoms with Crippen LogP contribution in [0.25, 0.3) is 0 Å². The van der Waals surface area contributed by atoms with Gasteiger partial charge in [0.05, 0.1) is 28.4 Å². The Labute approximate surface area is 126 Å². The van der Waals surface area contributed by atoms with E-state index in [0.29, 0.717) is 5.75 Å². The Morgan fingerprint density at radius 1 is 1.24 bits per heavy atom. The molecular formula is C13H12ClFN2O3S. The van der Waals surface area contributed by atoms with Crippen molar-refractivity contribution in [3.63, 3.8) is 0 Å². The third kappa shape index (κ3) is 3.37. The maximum absolute atomic E-state index is 13.2. The number of methoxy groups -OCH3 is 1. The van der Waals surface area contributed by atoms with Crippen LogP contribution in [0.5, 0.6) is 5.75 Å². The highest BCUT2D eigenvalue weighted by Crippen LogP contribution is 2.29. The molecule has 0 aliphatic carbocycles. The predicted molar refractivity (Wildman–Crippen MR) is 79.6 cm³/mol. The molecule has 21 heavy (non-hydrogen) atoms. The van der Waals surface area contributed by atoms with E-state index in [9.17, 15) is 12.8 Å². The molecule has 0 saturated carbocycles. The van der Waals surface area contributed by atoms with Crippen molar-refractivity contribution in [1.29, 1.82) is 0 Å². The van der Waals surface area contributed by atoms with Crippen molar-refractivity contribution in [3.05, 3.63) is 47.2 Å². The van der Waals surface area contributed by atoms with Crippen LogP contribution in [-0.2, 0) is 10.0 Å². The van der Waals surface area contributed by atoms with Gasteiger partial charge in [-0.2, -0.15) is 0 Å². The van der Waals surface area contributed by atoms with Crippen LogP contribution < -0.4 is 15.2 Å². The molecule has 0 saturated heterocycles. The second-order valence-corrected chi connectivity index (χ2v) is 6.22. The van der Waals surface area contributed by atoms with Crippen LogP contribution in [0.2, 0.25) is 5.02 Å². The van der Waals surface area contributed by atoms with Gasteiger partial charge >= 0.3 is 0 Å². The fraction of sp³-hybridized carbons (Fsp3) is 0.0769. The first kappa shape index (κ1) is 15.4. The Kier molecular flexibility index (Phi) is 4.24. The zero-order valence-electron chi connectivity index (χ0n) is 10.9. The van der Waals surface area contributed by atoms with Crippen molar-refractivity contribution in [2.45, 2.75) is 4.90 Å². The number of hydrogen-bond donors (Lipinski definition) is 2. The van der Waals surface area contributed by atoms with Gasteiger partial charge in [0, 0.05) is 6.07 Å². The molecule has 0 heterocycles. The fourth-order valence-electron chi connectivity index (χ4n) is 1.63. The van der Waals surface area contributed by atoms with Gasteiger partial charge in [-0.1, -0.05) is 11.6 Å². The van der Waals surface area contributed by atoms with Crippen molar-refractivity contribution in [2.24, 2.45) is 0 Å². The normalized spacial score (nSPS) is 11.2. The number of benzene rings is 2. The molecule has 0 amide bonds. The standard InChI is InChI=1S/C13H12ClFN2O3S/c1-20-13-5-3-9(7-10(13)14)21(18,19)17-12-6-8(15)2-4-11(12)16/h2-7,17H,16H2,1H3. The van der Waals surface area contributed by atoms with Gasteiger partial charge in [0.15, 0.2) is 0 Å². The highest BCUT2D eigenvalue weighted by Gasteiger charge is 2.17. The molecule has 0 aromatic heterocycles. The molecule has 2 aromatic rings. The van der Waals surface area contributed by atoms with E-state index in [1.165, 1.54) is 31.4 Å². The second-order valence-electron chi connectivity index (χ2n) is 4.13. The molecule has 0 unspecified atom stereocenters. The lowest BCUT2D eigenvalue weighted by Gasteiger charge is -2.11. The summed E-state index contributed by atoms with van der Waals surface area (Å²) in [6.45, 7) is 0. The molecule has 112 valence electrons. The molecule has 0 radical (unpaired) electrons. The van der Waals surface area contributed by atoms with E-state index in [2.05, 4.69) is 4.72 Å². The van der Waals surface area contributed by atoms with E-state index in [1.54, 1.807) is 0 Å². The van der Waals surface area contributed by atoms with E-state index in [0.717, 1.165) is 12.1 Å². The van der Waals surface area contributed by atoms with Gasteiger partial charge in [-0.3, -0.25) is 4.72 Å². The number of ether oxygens (including phenoxy) is 1. The van der Waals surface area contributed by atoms with Gasteiger partial charge in [-0.15, -0.1) is 0 Å². The SMILES string of the molecule is COc1ccc(S(=O)(=O)Nc2cc(F)ccc2N)cc1Cl. The molecule has 0 atom stereocenters. The Hall–Kier alpha value is -1.99. The molecule has 0 spiro atoms. The highest BCUT2D eigenvalue weighted by atomic mass is 35.5. The minimum Gasteiger partial charge on any atom is -0.495 e. The number of nitrogens with two attached hydrogens (primary N) is 1. The molecule has 0 fully saturated rings. The van der Waals surface area contributed by atoms with Gasteiger partial charge in [-0.25, -0.2) is 12.8 Å². The molecule has 3 N–H and O–H groups in total. The molecule has 2 rings (SSSR count). The zero-order valence-corrected chi connectivity index (χ0v) is 12.5. The Bertz CT molecular complexity index is 781. The molecule has 5 nitrogen and oxygen atoms in total. The van der Waals surface area contributed by atoms with Gasteiger partial charge in [-0.05, 0) is 30.3 Å². The Morgan fingerprint density at radius 2 is 1.95 bits per heavy atom. The summed E-state index contributed by atoms with van der Waals surface area (Å²) in [5, 5.41) is 0.146. The van der Waals surface area contributed by atoms with Crippen molar-refractivity contribution >= 4 is 33.0 Å². The average molecular weight is 331 g/mol. The Balaban J connectivity index is 2.38. The van der Waals surface area contributed by atoms with Gasteiger partial charge in [0.1, 0.15) is 11.6 Å². The summed E-state index contributed by atoms with van der Waals surface area (Å²) in [4.78, 5) is -0.0861. The molecule has 0 bridgehead atoms. The van der Waals surface area contributed by atoms with Crippen molar-refractivity contribution < 1.29 is 17.5 Å². The third-order valence-corrected chi connectivity index (χ3v) is 4.35. The summed E-state index contributed by atoms with van der Waals surface area (Å²) in [5.41, 5.74) is 5.68. The number of anilines is 2. The van der Waals surface area contributed by atoms with Crippen LogP contribution in [0.1, 0.15) is 0 Å². The quantitative estimate of drug-likeness (QED) is 0.845. The average Bonchev–Trinajstić information content (AvgIpc) is 2.42. The number of hydrogen-bond acceptors (Lipinski definition) is 4. The van der Waals surface area contributed by atoms with Crippen LogP contribution in [-0.4, -0.2) is 15.5 Å². The molecule has 0 aliphatic rings. The highest BCUT2D eigenvalue weighted by molar-refractivity contribution is 7.92. The molecular weight excluding hydrogens is 319 g/mol. The van der Waals surface area contributed by atoms with Crippen LogP contribution in [0.4, 0.5) is 15.8 Å². The second kappa shape index (κ2) is 5.79. The maximum atomic E-state index is 13.2. The van der Waals surface area contributed by atoms with Crippen molar-refractivity contribution in [2.75, 3.05) is 17.6 Å². The fourth-order valence-corrected chi connectivity index (χ4v) is 3.06. The number of sulfonamides is 1. The lowest BCUT2D eigenvalue weighted by Crippen LogP contribution is -2.14. The number of rotatable bonds is 4. The first-order valence-corrected chi connectivity index (χ1v) is 7.61. The summed E-state index contributed by atoms with van der Waals surface area (Å²) in [5.74, 6) is -0.254. The number of nitrogen functional groups attached to an aromatic ring is 1. The molecule has 2 aromatic carbocycles.